The zero-order chi connectivity index (χ0) is 10.5. The van der Waals surface area contributed by atoms with Gasteiger partial charge in [0.1, 0.15) is 0 Å². The monoisotopic (exact) mass is 351 g/mol. The minimum Gasteiger partial charge on any atom is -0.356 e. The number of halogens is 2. The van der Waals surface area contributed by atoms with Crippen molar-refractivity contribution in [1.29, 1.82) is 0 Å². The van der Waals surface area contributed by atoms with E-state index in [9.17, 15) is 0 Å². The maximum atomic E-state index is 5.89. The highest BCUT2D eigenvalue weighted by molar-refractivity contribution is 14.0. The molecule has 1 aliphatic heterocycles. The van der Waals surface area contributed by atoms with Gasteiger partial charge in [-0.2, -0.15) is 0 Å². The van der Waals surface area contributed by atoms with Crippen LogP contribution in [0.3, 0.4) is 0 Å². The lowest BCUT2D eigenvalue weighted by molar-refractivity contribution is 0.702. The van der Waals surface area contributed by atoms with Crippen LogP contribution < -0.4 is 10.6 Å². The molecule has 1 heterocycles. The molecule has 0 amide bonds. The highest BCUT2D eigenvalue weighted by Gasteiger charge is 2.02. The molecule has 0 saturated carbocycles. The molecular weight excluding hydrogens is 336 g/mol. The molecule has 2 rings (SSSR count). The Morgan fingerprint density at radius 1 is 1.44 bits per heavy atom. The molecule has 0 aromatic heterocycles. The summed E-state index contributed by atoms with van der Waals surface area (Å²) < 4.78 is 0. The van der Waals surface area contributed by atoms with Gasteiger partial charge in [-0.05, 0) is 24.1 Å². The van der Waals surface area contributed by atoms with Crippen LogP contribution in [0.5, 0.6) is 0 Å². The molecule has 0 bridgehead atoms. The van der Waals surface area contributed by atoms with E-state index in [2.05, 4.69) is 15.6 Å². The Kier molecular flexibility index (Phi) is 5.90. The second kappa shape index (κ2) is 6.96. The van der Waals surface area contributed by atoms with Gasteiger partial charge in [-0.25, -0.2) is 0 Å². The van der Waals surface area contributed by atoms with E-state index in [1.54, 1.807) is 0 Å². The van der Waals surface area contributed by atoms with Crippen molar-refractivity contribution in [2.75, 3.05) is 13.1 Å². The third-order valence-electron chi connectivity index (χ3n) is 2.25. The Hall–Kier alpha value is -0.490. The summed E-state index contributed by atoms with van der Waals surface area (Å²) in [4.78, 5) is 4.33. The molecule has 1 aromatic carbocycles. The van der Waals surface area contributed by atoms with Gasteiger partial charge in [0.15, 0.2) is 5.96 Å². The van der Waals surface area contributed by atoms with Crippen molar-refractivity contribution in [3.8, 4) is 0 Å². The van der Waals surface area contributed by atoms with E-state index in [0.29, 0.717) is 0 Å². The smallest absolute Gasteiger partial charge is 0.191 e. The maximum Gasteiger partial charge on any atom is 0.191 e. The predicted molar refractivity (Wildman–Crippen MR) is 78.6 cm³/mol. The van der Waals surface area contributed by atoms with Crippen LogP contribution in [0.25, 0.3) is 0 Å². The number of hydrogen-bond acceptors (Lipinski definition) is 3. The van der Waals surface area contributed by atoms with Crippen LogP contribution >= 0.6 is 35.6 Å². The van der Waals surface area contributed by atoms with E-state index in [-0.39, 0.29) is 24.0 Å². The standard InChI is InChI=1S/C11H14ClN3.HI/c12-10-4-1-3-9(7-10)8-15-11-13-5-2-6-14-11;/h1,3-4,7H,2,5-6,8H2,(H2,13,14,15);1H. The summed E-state index contributed by atoms with van der Waals surface area (Å²) in [6, 6.07) is 7.83. The van der Waals surface area contributed by atoms with Gasteiger partial charge in [0.25, 0.3) is 0 Å². The zero-order valence-corrected chi connectivity index (χ0v) is 12.0. The first-order valence-electron chi connectivity index (χ1n) is 5.11. The second-order valence-corrected chi connectivity index (χ2v) is 3.93. The summed E-state index contributed by atoms with van der Waals surface area (Å²) in [5.74, 6) is 0.890. The Balaban J connectivity index is 0.00000128. The molecule has 0 spiro atoms. The van der Waals surface area contributed by atoms with Gasteiger partial charge in [0, 0.05) is 24.7 Å². The van der Waals surface area contributed by atoms with Crippen LogP contribution in [0.15, 0.2) is 29.3 Å². The number of nitrogens with one attached hydrogen (secondary N) is 2. The average Bonchev–Trinajstić information content (AvgIpc) is 2.28. The van der Waals surface area contributed by atoms with Gasteiger partial charge in [-0.1, -0.05) is 23.7 Å². The lowest BCUT2D eigenvalue weighted by Crippen LogP contribution is -2.40. The number of aliphatic imine (C=N–C) groups is 1. The van der Waals surface area contributed by atoms with E-state index >= 15 is 0 Å². The van der Waals surface area contributed by atoms with Crippen LogP contribution in [-0.2, 0) is 6.54 Å². The molecule has 88 valence electrons. The van der Waals surface area contributed by atoms with Gasteiger partial charge >= 0.3 is 0 Å². The fourth-order valence-electron chi connectivity index (χ4n) is 1.48. The molecular formula is C11H15ClIN3. The molecule has 3 nitrogen and oxygen atoms in total. The molecule has 5 heteroatoms. The van der Waals surface area contributed by atoms with Crippen LogP contribution in [0.4, 0.5) is 0 Å². The van der Waals surface area contributed by atoms with E-state index in [1.807, 2.05) is 24.3 Å². The fourth-order valence-corrected chi connectivity index (χ4v) is 1.70. The molecule has 16 heavy (non-hydrogen) atoms. The summed E-state index contributed by atoms with van der Waals surface area (Å²) in [5, 5.41) is 7.23. The Bertz CT molecular complexity index is 368. The quantitative estimate of drug-likeness (QED) is 0.803. The van der Waals surface area contributed by atoms with Crippen molar-refractivity contribution < 1.29 is 0 Å². The molecule has 0 fully saturated rings. The SMILES string of the molecule is Clc1cccc(CNC2=NCCCN2)c1.I. The summed E-state index contributed by atoms with van der Waals surface area (Å²) in [7, 11) is 0. The lowest BCUT2D eigenvalue weighted by atomic mass is 10.2. The molecule has 0 aliphatic carbocycles. The van der Waals surface area contributed by atoms with Crippen molar-refractivity contribution in [3.63, 3.8) is 0 Å². The largest absolute Gasteiger partial charge is 0.356 e. The Morgan fingerprint density at radius 3 is 3.00 bits per heavy atom. The highest BCUT2D eigenvalue weighted by atomic mass is 127. The molecule has 0 atom stereocenters. The first-order valence-corrected chi connectivity index (χ1v) is 5.49. The van der Waals surface area contributed by atoms with E-state index < -0.39 is 0 Å². The predicted octanol–water partition coefficient (Wildman–Crippen LogP) is 2.40. The van der Waals surface area contributed by atoms with E-state index in [0.717, 1.165) is 42.6 Å². The summed E-state index contributed by atoms with van der Waals surface area (Å²) in [6.07, 6.45) is 1.11. The summed E-state index contributed by atoms with van der Waals surface area (Å²) >= 11 is 5.89. The molecule has 0 saturated heterocycles. The minimum atomic E-state index is 0. The topological polar surface area (TPSA) is 36.4 Å². The van der Waals surface area contributed by atoms with Gasteiger partial charge < -0.3 is 10.6 Å². The van der Waals surface area contributed by atoms with Crippen molar-refractivity contribution >= 4 is 41.5 Å². The van der Waals surface area contributed by atoms with Gasteiger partial charge in [0.05, 0.1) is 0 Å². The first-order chi connectivity index (χ1) is 7.34. The average molecular weight is 352 g/mol. The van der Waals surface area contributed by atoms with Crippen LogP contribution in [-0.4, -0.2) is 19.0 Å². The highest BCUT2D eigenvalue weighted by Crippen LogP contribution is 2.10. The summed E-state index contributed by atoms with van der Waals surface area (Å²) in [6.45, 7) is 2.67. The number of nitrogens with zero attached hydrogens (tertiary/aromatic N) is 1. The zero-order valence-electron chi connectivity index (χ0n) is 8.87. The third-order valence-corrected chi connectivity index (χ3v) is 2.48. The first kappa shape index (κ1) is 13.6. The van der Waals surface area contributed by atoms with Crippen molar-refractivity contribution in [3.05, 3.63) is 34.9 Å². The third kappa shape index (κ3) is 4.17. The van der Waals surface area contributed by atoms with Crippen molar-refractivity contribution in [2.24, 2.45) is 4.99 Å². The number of benzene rings is 1. The van der Waals surface area contributed by atoms with Gasteiger partial charge in [-0.15, -0.1) is 24.0 Å². The van der Waals surface area contributed by atoms with Crippen molar-refractivity contribution in [2.45, 2.75) is 13.0 Å². The normalized spacial score (nSPS) is 14.4. The van der Waals surface area contributed by atoms with Crippen LogP contribution in [0.1, 0.15) is 12.0 Å². The summed E-state index contributed by atoms with van der Waals surface area (Å²) in [5.41, 5.74) is 1.16. The number of guanidine groups is 1. The lowest BCUT2D eigenvalue weighted by Gasteiger charge is -2.15. The van der Waals surface area contributed by atoms with Crippen molar-refractivity contribution in [1.82, 2.24) is 10.6 Å². The van der Waals surface area contributed by atoms with E-state index in [4.69, 9.17) is 11.6 Å². The maximum absolute atomic E-state index is 5.89. The molecule has 0 radical (unpaired) electrons. The number of rotatable bonds is 2. The Morgan fingerprint density at radius 2 is 2.31 bits per heavy atom. The van der Waals surface area contributed by atoms with Gasteiger partial charge in [-0.3, -0.25) is 4.99 Å². The minimum absolute atomic E-state index is 0. The van der Waals surface area contributed by atoms with Crippen LogP contribution in [0.2, 0.25) is 5.02 Å². The fraction of sp³-hybridized carbons (Fsp3) is 0.364. The van der Waals surface area contributed by atoms with Crippen LogP contribution in [0, 0.1) is 0 Å². The number of hydrogen-bond donors (Lipinski definition) is 2. The molecule has 1 aromatic rings. The van der Waals surface area contributed by atoms with Gasteiger partial charge in [0.2, 0.25) is 0 Å². The van der Waals surface area contributed by atoms with E-state index in [1.165, 1.54) is 0 Å². The second-order valence-electron chi connectivity index (χ2n) is 3.49. The molecule has 1 aliphatic rings. The Labute approximate surface area is 118 Å². The molecule has 2 N–H and O–H groups in total. The molecule has 0 unspecified atom stereocenters.